The number of aryl methyl sites for hydroxylation is 1. The van der Waals surface area contributed by atoms with Crippen LogP contribution in [0.2, 0.25) is 0 Å². The zero-order valence-corrected chi connectivity index (χ0v) is 15.4. The number of hydrogen-bond donors (Lipinski definition) is 0. The van der Waals surface area contributed by atoms with Gasteiger partial charge in [-0.3, -0.25) is 0 Å². The molecule has 0 aliphatic rings. The number of hydrogen-bond acceptors (Lipinski definition) is 3. The highest BCUT2D eigenvalue weighted by atomic mass is 16.5. The van der Waals surface area contributed by atoms with Crippen LogP contribution in [-0.2, 0) is 11.2 Å². The van der Waals surface area contributed by atoms with Crippen LogP contribution >= 0.6 is 0 Å². The lowest BCUT2D eigenvalue weighted by Gasteiger charge is -2.03. The Balaban J connectivity index is 0.000000381. The van der Waals surface area contributed by atoms with Crippen LogP contribution in [0.15, 0.2) is 89.5 Å². The lowest BCUT2D eigenvalue weighted by Crippen LogP contribution is -1.84. The van der Waals surface area contributed by atoms with Gasteiger partial charge in [-0.25, -0.2) is 0 Å². The molecule has 0 saturated carbocycles. The van der Waals surface area contributed by atoms with Gasteiger partial charge in [-0.1, -0.05) is 61.9 Å². The number of allylic oxidation sites excluding steroid dienone is 2. The molecule has 0 saturated heterocycles. The van der Waals surface area contributed by atoms with Crippen molar-refractivity contribution >= 4 is 11.4 Å². The van der Waals surface area contributed by atoms with Crippen molar-refractivity contribution in [2.45, 2.75) is 40.0 Å². The molecule has 0 bridgehead atoms. The maximum Gasteiger partial charge on any atom is 0.0889 e. The minimum Gasteiger partial charge on any atom is -0.473 e. The molecule has 0 radical (unpaired) electrons. The first kappa shape index (κ1) is 20.4. The first-order chi connectivity index (χ1) is 12.3. The van der Waals surface area contributed by atoms with Gasteiger partial charge in [0.1, 0.15) is 0 Å². The number of benzene rings is 2. The molecule has 0 unspecified atom stereocenters. The van der Waals surface area contributed by atoms with E-state index in [1.54, 1.807) is 12.5 Å². The number of azo groups is 1. The van der Waals surface area contributed by atoms with Crippen molar-refractivity contribution in [3.8, 4) is 0 Å². The highest BCUT2D eigenvalue weighted by Gasteiger charge is 1.99. The van der Waals surface area contributed by atoms with Gasteiger partial charge < -0.3 is 4.74 Å². The normalized spacial score (nSPS) is 11.0. The average Bonchev–Trinajstić information content (AvgIpc) is 2.67. The van der Waals surface area contributed by atoms with Crippen LogP contribution in [-0.4, -0.2) is 0 Å². The predicted octanol–water partition coefficient (Wildman–Crippen LogP) is 7.51. The first-order valence-corrected chi connectivity index (χ1v) is 8.74. The Bertz CT molecular complexity index is 651. The Morgan fingerprint density at radius 2 is 1.48 bits per heavy atom. The number of ether oxygens (including phenoxy) is 1. The van der Waals surface area contributed by atoms with Crippen molar-refractivity contribution < 1.29 is 4.74 Å². The molecular weight excluding hydrogens is 308 g/mol. The van der Waals surface area contributed by atoms with Crippen molar-refractivity contribution in [1.82, 2.24) is 0 Å². The van der Waals surface area contributed by atoms with Crippen LogP contribution in [0.4, 0.5) is 11.4 Å². The minimum atomic E-state index is 0.891. The second-order valence-electron chi connectivity index (χ2n) is 5.34. The summed E-state index contributed by atoms with van der Waals surface area (Å²) in [6.45, 7) is 6.01. The summed E-state index contributed by atoms with van der Waals surface area (Å²) in [7, 11) is 0. The number of nitrogens with zero attached hydrogens (tertiary/aromatic N) is 2. The summed E-state index contributed by atoms with van der Waals surface area (Å²) in [5.74, 6) is 0. The number of rotatable bonds is 7. The van der Waals surface area contributed by atoms with Gasteiger partial charge in [0.05, 0.1) is 23.9 Å². The molecule has 0 atom stereocenters. The van der Waals surface area contributed by atoms with Gasteiger partial charge in [-0.2, -0.15) is 10.2 Å². The lowest BCUT2D eigenvalue weighted by molar-refractivity contribution is 0.401. The number of unbranched alkanes of at least 4 members (excludes halogenated alkanes) is 1. The van der Waals surface area contributed by atoms with E-state index in [1.165, 1.54) is 18.4 Å². The van der Waals surface area contributed by atoms with E-state index < -0.39 is 0 Å². The van der Waals surface area contributed by atoms with Crippen molar-refractivity contribution in [1.29, 1.82) is 0 Å². The maximum atomic E-state index is 4.77. The van der Waals surface area contributed by atoms with Crippen molar-refractivity contribution in [3.05, 3.63) is 84.8 Å². The van der Waals surface area contributed by atoms with Gasteiger partial charge >= 0.3 is 0 Å². The van der Waals surface area contributed by atoms with E-state index >= 15 is 0 Å². The average molecular weight is 336 g/mol. The Kier molecular flexibility index (Phi) is 11.2. The third-order valence-corrected chi connectivity index (χ3v) is 3.25. The van der Waals surface area contributed by atoms with E-state index in [9.17, 15) is 0 Å². The Labute approximate surface area is 151 Å². The third-order valence-electron chi connectivity index (χ3n) is 3.25. The van der Waals surface area contributed by atoms with Gasteiger partial charge in [0.15, 0.2) is 0 Å². The molecule has 0 aliphatic heterocycles. The summed E-state index contributed by atoms with van der Waals surface area (Å²) in [6, 6.07) is 18.1. The summed E-state index contributed by atoms with van der Waals surface area (Å²) in [6.07, 6.45) is 10.4. The van der Waals surface area contributed by atoms with Crippen LogP contribution in [0, 0.1) is 0 Å². The molecule has 0 heterocycles. The van der Waals surface area contributed by atoms with Gasteiger partial charge in [-0.05, 0) is 50.5 Å². The summed E-state index contributed by atoms with van der Waals surface area (Å²) < 4.78 is 4.77. The van der Waals surface area contributed by atoms with Crippen LogP contribution in [0.1, 0.15) is 39.2 Å². The SMILES string of the molecule is CC=COC=CC.CCCCc1ccccc1N=Nc1ccccc1. The van der Waals surface area contributed by atoms with Gasteiger partial charge in [0.2, 0.25) is 0 Å². The molecule has 3 nitrogen and oxygen atoms in total. The van der Waals surface area contributed by atoms with E-state index in [1.807, 2.05) is 68.5 Å². The summed E-state index contributed by atoms with van der Waals surface area (Å²) in [4.78, 5) is 0. The molecule has 132 valence electrons. The van der Waals surface area contributed by atoms with Gasteiger partial charge in [0.25, 0.3) is 0 Å². The Morgan fingerprint density at radius 3 is 2.12 bits per heavy atom. The Morgan fingerprint density at radius 1 is 0.840 bits per heavy atom. The summed E-state index contributed by atoms with van der Waals surface area (Å²) in [5.41, 5.74) is 3.15. The van der Waals surface area contributed by atoms with Gasteiger partial charge in [-0.15, -0.1) is 0 Å². The van der Waals surface area contributed by atoms with E-state index in [0.717, 1.165) is 17.8 Å². The van der Waals surface area contributed by atoms with Gasteiger partial charge in [0, 0.05) is 0 Å². The zero-order chi connectivity index (χ0) is 18.2. The molecule has 2 aromatic rings. The monoisotopic (exact) mass is 336 g/mol. The maximum absolute atomic E-state index is 4.77. The first-order valence-electron chi connectivity index (χ1n) is 8.74. The fraction of sp³-hybridized carbons (Fsp3) is 0.273. The molecule has 2 rings (SSSR count). The molecule has 0 N–H and O–H groups in total. The van der Waals surface area contributed by atoms with Crippen molar-refractivity contribution in [2.24, 2.45) is 10.2 Å². The predicted molar refractivity (Wildman–Crippen MR) is 106 cm³/mol. The van der Waals surface area contributed by atoms with E-state index in [-0.39, 0.29) is 0 Å². The summed E-state index contributed by atoms with van der Waals surface area (Å²) >= 11 is 0. The van der Waals surface area contributed by atoms with E-state index in [0.29, 0.717) is 0 Å². The molecule has 2 aromatic carbocycles. The zero-order valence-electron chi connectivity index (χ0n) is 15.4. The van der Waals surface area contributed by atoms with E-state index in [4.69, 9.17) is 4.74 Å². The fourth-order valence-corrected chi connectivity index (χ4v) is 2.00. The molecule has 0 aromatic heterocycles. The molecular formula is C22H28N2O. The highest BCUT2D eigenvalue weighted by Crippen LogP contribution is 2.23. The van der Waals surface area contributed by atoms with Crippen molar-refractivity contribution in [2.75, 3.05) is 0 Å². The second-order valence-corrected chi connectivity index (χ2v) is 5.34. The van der Waals surface area contributed by atoms with Crippen LogP contribution in [0.3, 0.4) is 0 Å². The molecule has 0 spiro atoms. The largest absolute Gasteiger partial charge is 0.473 e. The standard InChI is InChI=1S/C16H18N2.C6H10O/c1-2-3-9-14-10-7-8-13-16(14)18-17-15-11-5-4-6-12-15;1-3-5-7-6-4-2/h4-8,10-13H,2-3,9H2,1H3;3-6H,1-2H3. The molecule has 0 fully saturated rings. The minimum absolute atomic E-state index is 0.891. The van der Waals surface area contributed by atoms with Crippen molar-refractivity contribution in [3.63, 3.8) is 0 Å². The van der Waals surface area contributed by atoms with Crippen LogP contribution < -0.4 is 0 Å². The Hall–Kier alpha value is -2.68. The molecule has 3 heteroatoms. The third kappa shape index (κ3) is 9.26. The highest BCUT2D eigenvalue weighted by molar-refractivity contribution is 5.46. The summed E-state index contributed by atoms with van der Waals surface area (Å²) in [5, 5.41) is 8.62. The molecule has 0 amide bonds. The quantitative estimate of drug-likeness (QED) is 0.380. The topological polar surface area (TPSA) is 34.0 Å². The smallest absolute Gasteiger partial charge is 0.0889 e. The van der Waals surface area contributed by atoms with Crippen LogP contribution in [0.25, 0.3) is 0 Å². The molecule has 0 aliphatic carbocycles. The molecule has 25 heavy (non-hydrogen) atoms. The fourth-order valence-electron chi connectivity index (χ4n) is 2.00. The lowest BCUT2D eigenvalue weighted by atomic mass is 10.1. The van der Waals surface area contributed by atoms with E-state index in [2.05, 4.69) is 29.3 Å². The second kappa shape index (κ2) is 13.7. The van der Waals surface area contributed by atoms with Crippen LogP contribution in [0.5, 0.6) is 0 Å².